The lowest BCUT2D eigenvalue weighted by molar-refractivity contribution is 0.0699. The first-order valence-corrected chi connectivity index (χ1v) is 6.21. The number of carboxylic acids is 1. The minimum Gasteiger partial charge on any atom is -0.478 e. The molecule has 4 nitrogen and oxygen atoms in total. The predicted molar refractivity (Wildman–Crippen MR) is 70.7 cm³/mol. The molecule has 0 bridgehead atoms. The molecule has 2 aromatic rings. The first kappa shape index (κ1) is 12.8. The summed E-state index contributed by atoms with van der Waals surface area (Å²) in [5, 5.41) is 9.63. The molecule has 0 amide bonds. The van der Waals surface area contributed by atoms with Gasteiger partial charge in [0.1, 0.15) is 0 Å². The van der Waals surface area contributed by atoms with Crippen LogP contribution < -0.4 is 4.90 Å². The van der Waals surface area contributed by atoms with E-state index < -0.39 is 18.3 Å². The zero-order chi connectivity index (χ0) is 14.3. The minimum atomic E-state index is -1.50. The molecule has 0 spiro atoms. The molecule has 0 saturated carbocycles. The topological polar surface area (TPSA) is 53.4 Å². The fraction of sp³-hybridized carbons (Fsp3) is 0.286. The number of halogens is 2. The summed E-state index contributed by atoms with van der Waals surface area (Å²) in [6.07, 6.45) is -1.58. The SMILES string of the molecule is O=C(O)c1ccnc2ccc(N3C[C@@H](F)[C@@H](F)C3)cc12. The standard InChI is InChI=1S/C14H12F2N2O2/c15-11-6-18(7-12(11)16)8-1-2-13-10(5-8)9(14(19)20)3-4-17-13/h1-5,11-12H,6-7H2,(H,19,20)/t11-,12+. The van der Waals surface area contributed by atoms with Crippen LogP contribution in [0.4, 0.5) is 14.5 Å². The first-order valence-electron chi connectivity index (χ1n) is 6.21. The van der Waals surface area contributed by atoms with Gasteiger partial charge in [-0.1, -0.05) is 0 Å². The second-order valence-electron chi connectivity index (χ2n) is 4.80. The van der Waals surface area contributed by atoms with Crippen LogP contribution in [0.5, 0.6) is 0 Å². The Labute approximate surface area is 113 Å². The number of pyridine rings is 1. The Morgan fingerprint density at radius 2 is 1.95 bits per heavy atom. The number of nitrogens with zero attached hydrogens (tertiary/aromatic N) is 2. The fourth-order valence-electron chi connectivity index (χ4n) is 2.45. The molecule has 1 aromatic heterocycles. The zero-order valence-electron chi connectivity index (χ0n) is 10.5. The lowest BCUT2D eigenvalue weighted by Crippen LogP contribution is -2.20. The third-order valence-electron chi connectivity index (χ3n) is 3.50. The van der Waals surface area contributed by atoms with E-state index in [9.17, 15) is 13.6 Å². The molecular weight excluding hydrogens is 266 g/mol. The number of fused-ring (bicyclic) bond motifs is 1. The summed E-state index contributed by atoms with van der Waals surface area (Å²) in [6, 6.07) is 6.40. The highest BCUT2D eigenvalue weighted by Gasteiger charge is 2.33. The van der Waals surface area contributed by atoms with Crippen molar-refractivity contribution in [1.82, 2.24) is 4.98 Å². The van der Waals surface area contributed by atoms with Gasteiger partial charge in [0, 0.05) is 17.3 Å². The summed E-state index contributed by atoms with van der Waals surface area (Å²) in [7, 11) is 0. The van der Waals surface area contributed by atoms with Crippen molar-refractivity contribution < 1.29 is 18.7 Å². The summed E-state index contributed by atoms with van der Waals surface area (Å²) < 4.78 is 26.5. The van der Waals surface area contributed by atoms with Crippen LogP contribution in [0.25, 0.3) is 10.9 Å². The summed E-state index contributed by atoms with van der Waals surface area (Å²) in [5.74, 6) is -1.05. The molecule has 1 fully saturated rings. The first-order chi connectivity index (χ1) is 9.56. The van der Waals surface area contributed by atoms with Crippen LogP contribution in [0, 0.1) is 0 Å². The summed E-state index contributed by atoms with van der Waals surface area (Å²) >= 11 is 0. The van der Waals surface area contributed by atoms with Crippen molar-refractivity contribution in [2.45, 2.75) is 12.3 Å². The maximum absolute atomic E-state index is 13.3. The molecule has 20 heavy (non-hydrogen) atoms. The van der Waals surface area contributed by atoms with Gasteiger partial charge in [-0.15, -0.1) is 0 Å². The van der Waals surface area contributed by atoms with E-state index in [4.69, 9.17) is 5.11 Å². The molecule has 0 aliphatic carbocycles. The number of carbonyl (C=O) groups is 1. The van der Waals surface area contributed by atoms with Crippen LogP contribution in [0.3, 0.4) is 0 Å². The largest absolute Gasteiger partial charge is 0.478 e. The quantitative estimate of drug-likeness (QED) is 0.916. The molecule has 104 valence electrons. The molecule has 1 N–H and O–H groups in total. The number of hydrogen-bond donors (Lipinski definition) is 1. The van der Waals surface area contributed by atoms with Gasteiger partial charge < -0.3 is 10.0 Å². The minimum absolute atomic E-state index is 0.0185. The van der Waals surface area contributed by atoms with Gasteiger partial charge in [0.25, 0.3) is 0 Å². The molecule has 3 rings (SSSR count). The number of carboxylic acid groups (broad SMARTS) is 1. The fourth-order valence-corrected chi connectivity index (χ4v) is 2.45. The molecule has 2 heterocycles. The Bertz CT molecular complexity index is 667. The predicted octanol–water partition coefficient (Wildman–Crippen LogP) is 2.43. The second-order valence-corrected chi connectivity index (χ2v) is 4.80. The molecule has 1 saturated heterocycles. The van der Waals surface area contributed by atoms with Crippen LogP contribution in [0.2, 0.25) is 0 Å². The molecular formula is C14H12F2N2O2. The van der Waals surface area contributed by atoms with E-state index in [-0.39, 0.29) is 18.7 Å². The smallest absolute Gasteiger partial charge is 0.336 e. The Morgan fingerprint density at radius 1 is 1.25 bits per heavy atom. The number of aromatic carboxylic acids is 1. The Balaban J connectivity index is 2.06. The van der Waals surface area contributed by atoms with Crippen molar-refractivity contribution in [2.75, 3.05) is 18.0 Å². The summed E-state index contributed by atoms with van der Waals surface area (Å²) in [6.45, 7) is -0.0370. The van der Waals surface area contributed by atoms with Gasteiger partial charge in [-0.3, -0.25) is 4.98 Å². The average molecular weight is 278 g/mol. The highest BCUT2D eigenvalue weighted by molar-refractivity contribution is 6.03. The Hall–Kier alpha value is -2.24. The molecule has 2 atom stereocenters. The molecule has 0 radical (unpaired) electrons. The molecule has 6 heteroatoms. The van der Waals surface area contributed by atoms with Crippen molar-refractivity contribution in [3.63, 3.8) is 0 Å². The van der Waals surface area contributed by atoms with E-state index in [1.807, 2.05) is 0 Å². The lowest BCUT2D eigenvalue weighted by atomic mass is 10.1. The third-order valence-corrected chi connectivity index (χ3v) is 3.50. The summed E-state index contributed by atoms with van der Waals surface area (Å²) in [5.41, 5.74) is 1.28. The van der Waals surface area contributed by atoms with Crippen molar-refractivity contribution >= 4 is 22.6 Å². The number of alkyl halides is 2. The molecule has 1 aromatic carbocycles. The van der Waals surface area contributed by atoms with E-state index in [0.29, 0.717) is 16.6 Å². The van der Waals surface area contributed by atoms with Crippen molar-refractivity contribution in [3.05, 3.63) is 36.0 Å². The highest BCUT2D eigenvalue weighted by atomic mass is 19.2. The van der Waals surface area contributed by atoms with Gasteiger partial charge in [-0.2, -0.15) is 0 Å². The summed E-state index contributed by atoms with van der Waals surface area (Å²) in [4.78, 5) is 16.9. The van der Waals surface area contributed by atoms with E-state index in [0.717, 1.165) is 0 Å². The number of aromatic nitrogens is 1. The highest BCUT2D eigenvalue weighted by Crippen LogP contribution is 2.28. The van der Waals surface area contributed by atoms with E-state index in [2.05, 4.69) is 4.98 Å². The van der Waals surface area contributed by atoms with Crippen LogP contribution in [-0.4, -0.2) is 41.5 Å². The number of anilines is 1. The average Bonchev–Trinajstić information content (AvgIpc) is 2.77. The molecule has 0 unspecified atom stereocenters. The molecule has 1 aliphatic heterocycles. The Morgan fingerprint density at radius 3 is 2.60 bits per heavy atom. The van der Waals surface area contributed by atoms with Gasteiger partial charge >= 0.3 is 5.97 Å². The lowest BCUT2D eigenvalue weighted by Gasteiger charge is -2.18. The van der Waals surface area contributed by atoms with Crippen molar-refractivity contribution in [2.24, 2.45) is 0 Å². The van der Waals surface area contributed by atoms with Gasteiger partial charge in [0.05, 0.1) is 24.2 Å². The van der Waals surface area contributed by atoms with Gasteiger partial charge in [-0.25, -0.2) is 13.6 Å². The van der Waals surface area contributed by atoms with Crippen molar-refractivity contribution in [3.8, 4) is 0 Å². The monoisotopic (exact) mass is 278 g/mol. The van der Waals surface area contributed by atoms with E-state index in [1.165, 1.54) is 12.3 Å². The van der Waals surface area contributed by atoms with Gasteiger partial charge in [0.15, 0.2) is 12.3 Å². The Kier molecular flexibility index (Phi) is 3.00. The van der Waals surface area contributed by atoms with Crippen LogP contribution >= 0.6 is 0 Å². The van der Waals surface area contributed by atoms with Gasteiger partial charge in [-0.05, 0) is 24.3 Å². The normalized spacial score (nSPS) is 22.4. The number of benzene rings is 1. The third kappa shape index (κ3) is 2.07. The number of hydrogen-bond acceptors (Lipinski definition) is 3. The van der Waals surface area contributed by atoms with Crippen LogP contribution in [-0.2, 0) is 0 Å². The van der Waals surface area contributed by atoms with Gasteiger partial charge in [0.2, 0.25) is 0 Å². The van der Waals surface area contributed by atoms with E-state index >= 15 is 0 Å². The second kappa shape index (κ2) is 4.70. The molecule has 1 aliphatic rings. The van der Waals surface area contributed by atoms with E-state index in [1.54, 1.807) is 23.1 Å². The zero-order valence-corrected chi connectivity index (χ0v) is 10.5. The maximum atomic E-state index is 13.3. The van der Waals surface area contributed by atoms with Crippen molar-refractivity contribution in [1.29, 1.82) is 0 Å². The van der Waals surface area contributed by atoms with Crippen LogP contribution in [0.15, 0.2) is 30.5 Å². The maximum Gasteiger partial charge on any atom is 0.336 e. The number of rotatable bonds is 2. The van der Waals surface area contributed by atoms with Crippen LogP contribution in [0.1, 0.15) is 10.4 Å².